The normalized spacial score (nSPS) is 31.7. The molecule has 0 aliphatic carbocycles. The fourth-order valence-electron chi connectivity index (χ4n) is 2.10. The number of nitrogen functional groups attached to an aromatic ring is 1. The minimum Gasteiger partial charge on any atom is -0.478 e. The van der Waals surface area contributed by atoms with E-state index < -0.39 is 43.3 Å². The average Bonchev–Trinajstić information content (AvgIpc) is 2.47. The van der Waals surface area contributed by atoms with Gasteiger partial charge in [-0.15, -0.1) is 0 Å². The molecule has 0 unspecified atom stereocenters. The molecule has 1 aliphatic heterocycles. The lowest BCUT2D eigenvalue weighted by atomic mass is 9.99. The molecule has 7 N–H and O–H groups in total. The molecule has 0 bridgehead atoms. The molecule has 9 heteroatoms. The van der Waals surface area contributed by atoms with E-state index in [4.69, 9.17) is 25.4 Å². The van der Waals surface area contributed by atoms with Crippen molar-refractivity contribution in [2.75, 3.05) is 12.3 Å². The summed E-state index contributed by atoms with van der Waals surface area (Å²) in [5.74, 6) is -1.45. The molecule has 0 radical (unpaired) electrons. The van der Waals surface area contributed by atoms with Crippen molar-refractivity contribution in [1.82, 2.24) is 0 Å². The number of aliphatic hydroxyl groups excluding tert-OH is 4. The largest absolute Gasteiger partial charge is 0.478 e. The first-order chi connectivity index (χ1) is 10.3. The van der Waals surface area contributed by atoms with Gasteiger partial charge in [0.2, 0.25) is 6.29 Å². The van der Waals surface area contributed by atoms with E-state index in [1.807, 2.05) is 0 Å². The van der Waals surface area contributed by atoms with Gasteiger partial charge in [-0.1, -0.05) is 0 Å². The van der Waals surface area contributed by atoms with E-state index in [-0.39, 0.29) is 17.0 Å². The average molecular weight is 315 g/mol. The molecule has 1 fully saturated rings. The van der Waals surface area contributed by atoms with E-state index in [0.29, 0.717) is 0 Å². The maximum Gasteiger partial charge on any atom is 0.339 e. The van der Waals surface area contributed by atoms with Crippen molar-refractivity contribution in [3.8, 4) is 5.75 Å². The Balaban J connectivity index is 2.26. The third-order valence-electron chi connectivity index (χ3n) is 3.33. The number of hydrogen-bond acceptors (Lipinski definition) is 8. The first-order valence-electron chi connectivity index (χ1n) is 6.45. The number of ether oxygens (including phenoxy) is 2. The van der Waals surface area contributed by atoms with Crippen LogP contribution in [0, 0.1) is 0 Å². The van der Waals surface area contributed by atoms with E-state index in [9.17, 15) is 20.1 Å². The number of carboxylic acid groups (broad SMARTS) is 1. The fourth-order valence-corrected chi connectivity index (χ4v) is 2.10. The Kier molecular flexibility index (Phi) is 4.84. The van der Waals surface area contributed by atoms with Crippen LogP contribution in [-0.4, -0.2) is 68.8 Å². The van der Waals surface area contributed by atoms with Gasteiger partial charge >= 0.3 is 5.97 Å². The molecule has 0 amide bonds. The van der Waals surface area contributed by atoms with Crippen LogP contribution in [0.5, 0.6) is 5.75 Å². The topological polar surface area (TPSA) is 163 Å². The predicted octanol–water partition coefficient (Wildman–Crippen LogP) is -1.85. The monoisotopic (exact) mass is 315 g/mol. The highest BCUT2D eigenvalue weighted by Gasteiger charge is 2.45. The van der Waals surface area contributed by atoms with Crippen LogP contribution >= 0.6 is 0 Å². The molecule has 0 saturated carbocycles. The fraction of sp³-hybridized carbons (Fsp3) is 0.462. The molecule has 22 heavy (non-hydrogen) atoms. The molecule has 9 nitrogen and oxygen atoms in total. The van der Waals surface area contributed by atoms with E-state index in [1.165, 1.54) is 18.2 Å². The predicted molar refractivity (Wildman–Crippen MR) is 72.2 cm³/mol. The molecular formula is C13H17NO8. The molecule has 1 aromatic rings. The number of anilines is 1. The van der Waals surface area contributed by atoms with Crippen molar-refractivity contribution in [3.05, 3.63) is 23.8 Å². The van der Waals surface area contributed by atoms with Crippen LogP contribution < -0.4 is 10.5 Å². The molecule has 1 saturated heterocycles. The number of nitrogens with two attached hydrogens (primary N) is 1. The molecule has 1 aliphatic rings. The molecule has 1 aromatic carbocycles. The Bertz CT molecular complexity index is 549. The van der Waals surface area contributed by atoms with E-state index >= 15 is 0 Å². The van der Waals surface area contributed by atoms with E-state index in [2.05, 4.69) is 0 Å². The van der Waals surface area contributed by atoms with Gasteiger partial charge in [-0.25, -0.2) is 4.79 Å². The summed E-state index contributed by atoms with van der Waals surface area (Å²) in [6.07, 6.45) is -7.42. The molecule has 0 spiro atoms. The van der Waals surface area contributed by atoms with Gasteiger partial charge in [0, 0.05) is 11.8 Å². The molecule has 5 atom stereocenters. The highest BCUT2D eigenvalue weighted by molar-refractivity contribution is 5.91. The first-order valence-corrected chi connectivity index (χ1v) is 6.45. The lowest BCUT2D eigenvalue weighted by Crippen LogP contribution is -2.60. The zero-order valence-corrected chi connectivity index (χ0v) is 11.4. The summed E-state index contributed by atoms with van der Waals surface area (Å²) in [4.78, 5) is 11.1. The van der Waals surface area contributed by atoms with Crippen molar-refractivity contribution in [3.63, 3.8) is 0 Å². The summed E-state index contributed by atoms with van der Waals surface area (Å²) in [6.45, 7) is -0.618. The highest BCUT2D eigenvalue weighted by atomic mass is 16.7. The number of aliphatic hydroxyl groups is 4. The van der Waals surface area contributed by atoms with Crippen LogP contribution in [0.15, 0.2) is 18.2 Å². The van der Waals surface area contributed by atoms with Crippen LogP contribution in [0.4, 0.5) is 5.69 Å². The Morgan fingerprint density at radius 2 is 1.91 bits per heavy atom. The lowest BCUT2D eigenvalue weighted by Gasteiger charge is -2.39. The maximum atomic E-state index is 11.1. The van der Waals surface area contributed by atoms with Crippen LogP contribution in [-0.2, 0) is 4.74 Å². The lowest BCUT2D eigenvalue weighted by molar-refractivity contribution is -0.277. The van der Waals surface area contributed by atoms with E-state index in [0.717, 1.165) is 0 Å². The SMILES string of the molecule is Nc1ccc(C(=O)O)c(O[C@H]2O[C@H](CO)[C@@H](O)[C@H](O)[C@@H]2O)c1. The first kappa shape index (κ1) is 16.5. The van der Waals surface area contributed by atoms with E-state index in [1.54, 1.807) is 0 Å². The number of aromatic carboxylic acids is 1. The molecule has 2 rings (SSSR count). The second-order valence-electron chi connectivity index (χ2n) is 4.88. The minimum absolute atomic E-state index is 0.170. The molecule has 122 valence electrons. The Morgan fingerprint density at radius 1 is 1.23 bits per heavy atom. The zero-order valence-electron chi connectivity index (χ0n) is 11.4. The third kappa shape index (κ3) is 3.13. The van der Waals surface area contributed by atoms with Gasteiger partial charge in [-0.2, -0.15) is 0 Å². The van der Waals surface area contributed by atoms with Crippen LogP contribution in [0.25, 0.3) is 0 Å². The Labute approximate surface area is 125 Å². The van der Waals surface area contributed by atoms with Crippen LogP contribution in [0.2, 0.25) is 0 Å². The number of carboxylic acids is 1. The Morgan fingerprint density at radius 3 is 2.50 bits per heavy atom. The number of benzene rings is 1. The number of hydrogen-bond donors (Lipinski definition) is 6. The zero-order chi connectivity index (χ0) is 16.4. The van der Waals surface area contributed by atoms with Crippen molar-refractivity contribution >= 4 is 11.7 Å². The van der Waals surface area contributed by atoms with Gasteiger partial charge in [0.05, 0.1) is 6.61 Å². The summed E-state index contributed by atoms with van der Waals surface area (Å²) >= 11 is 0. The summed E-state index contributed by atoms with van der Waals surface area (Å²) in [5.41, 5.74) is 5.57. The molecule has 1 heterocycles. The van der Waals surface area contributed by atoms with Crippen molar-refractivity contribution in [2.45, 2.75) is 30.7 Å². The molecular weight excluding hydrogens is 298 g/mol. The second kappa shape index (κ2) is 6.46. The summed E-state index contributed by atoms with van der Waals surface area (Å²) < 4.78 is 10.4. The minimum atomic E-state index is -1.64. The van der Waals surface area contributed by atoms with Gasteiger partial charge < -0.3 is 40.7 Å². The van der Waals surface area contributed by atoms with Gasteiger partial charge in [0.25, 0.3) is 0 Å². The maximum absolute atomic E-state index is 11.1. The molecule has 0 aromatic heterocycles. The van der Waals surface area contributed by atoms with Gasteiger partial charge in [0.1, 0.15) is 35.7 Å². The van der Waals surface area contributed by atoms with Gasteiger partial charge in [-0.3, -0.25) is 0 Å². The van der Waals surface area contributed by atoms with Gasteiger partial charge in [0.15, 0.2) is 0 Å². The standard InChI is InChI=1S/C13H17NO8/c14-5-1-2-6(12(19)20)7(3-5)21-13-11(18)10(17)9(16)8(4-15)22-13/h1-3,8-11,13,15-18H,4,14H2,(H,19,20)/t8-,9-,10+,11+,13+/m1/s1. The summed E-state index contributed by atoms with van der Waals surface area (Å²) in [6, 6.07) is 3.81. The quantitative estimate of drug-likeness (QED) is 0.350. The van der Waals surface area contributed by atoms with Crippen molar-refractivity contribution < 1.29 is 39.8 Å². The van der Waals surface area contributed by atoms with Crippen molar-refractivity contribution in [2.24, 2.45) is 0 Å². The number of rotatable bonds is 4. The third-order valence-corrected chi connectivity index (χ3v) is 3.33. The number of carbonyl (C=O) groups is 1. The van der Waals surface area contributed by atoms with Crippen LogP contribution in [0.3, 0.4) is 0 Å². The van der Waals surface area contributed by atoms with Crippen LogP contribution in [0.1, 0.15) is 10.4 Å². The smallest absolute Gasteiger partial charge is 0.339 e. The summed E-state index contributed by atoms with van der Waals surface area (Å²) in [7, 11) is 0. The van der Waals surface area contributed by atoms with Crippen molar-refractivity contribution in [1.29, 1.82) is 0 Å². The Hall–Kier alpha value is -1.91. The highest BCUT2D eigenvalue weighted by Crippen LogP contribution is 2.28. The second-order valence-corrected chi connectivity index (χ2v) is 4.88. The summed E-state index contributed by atoms with van der Waals surface area (Å²) in [5, 5.41) is 47.4. The van der Waals surface area contributed by atoms with Gasteiger partial charge in [-0.05, 0) is 12.1 Å².